The molecule has 1 rings (SSSR count). The van der Waals surface area contributed by atoms with Crippen molar-refractivity contribution in [2.75, 3.05) is 13.2 Å². The van der Waals surface area contributed by atoms with Gasteiger partial charge in [0.15, 0.2) is 0 Å². The minimum absolute atomic E-state index is 0.0133. The highest BCUT2D eigenvalue weighted by Crippen LogP contribution is 2.11. The number of unbranched alkanes of at least 4 members (excludes halogenated alkanes) is 6. The Morgan fingerprint density at radius 3 is 1.88 bits per heavy atom. The molecule has 0 spiro atoms. The zero-order valence-corrected chi connectivity index (χ0v) is 19.3. The Morgan fingerprint density at radius 2 is 1.34 bits per heavy atom. The van der Waals surface area contributed by atoms with E-state index in [1.165, 1.54) is 50.5 Å². The average molecular weight is 447 g/mol. The van der Waals surface area contributed by atoms with E-state index in [-0.39, 0.29) is 26.1 Å². The molecule has 0 radical (unpaired) electrons. The van der Waals surface area contributed by atoms with E-state index in [1.54, 1.807) is 0 Å². The van der Waals surface area contributed by atoms with Crippen molar-refractivity contribution >= 4 is 11.9 Å². The molecule has 32 heavy (non-hydrogen) atoms. The summed E-state index contributed by atoms with van der Waals surface area (Å²) in [5, 5.41) is 17.4. The minimum Gasteiger partial charge on any atom is -0.481 e. The van der Waals surface area contributed by atoms with Crippen molar-refractivity contribution in [1.82, 2.24) is 0 Å². The van der Waals surface area contributed by atoms with Crippen molar-refractivity contribution < 1.29 is 29.3 Å². The number of carboxylic acids is 2. The first-order chi connectivity index (χ1) is 15.5. The first kappa shape index (κ1) is 27.7. The van der Waals surface area contributed by atoms with Gasteiger partial charge in [-0.3, -0.25) is 9.59 Å². The average Bonchev–Trinajstić information content (AvgIpc) is 2.77. The van der Waals surface area contributed by atoms with Gasteiger partial charge >= 0.3 is 11.9 Å². The fourth-order valence-electron chi connectivity index (χ4n) is 3.14. The number of hydrogen-bond acceptors (Lipinski definition) is 4. The molecular weight excluding hydrogens is 408 g/mol. The smallest absolute Gasteiger partial charge is 0.303 e. The molecule has 0 saturated carbocycles. The van der Waals surface area contributed by atoms with Crippen LogP contribution in [0.5, 0.6) is 0 Å². The Balaban J connectivity index is 2.46. The Bertz CT molecular complexity index is 679. The predicted molar refractivity (Wildman–Crippen MR) is 124 cm³/mol. The maximum atomic E-state index is 10.6. The van der Waals surface area contributed by atoms with E-state index in [4.69, 9.17) is 19.7 Å². The highest BCUT2D eigenvalue weighted by Gasteiger charge is 2.07. The molecule has 6 heteroatoms. The third-order valence-electron chi connectivity index (χ3n) is 4.97. The topological polar surface area (TPSA) is 93.1 Å². The van der Waals surface area contributed by atoms with Gasteiger partial charge < -0.3 is 19.7 Å². The summed E-state index contributed by atoms with van der Waals surface area (Å²) in [6.45, 7) is 2.66. The third kappa shape index (κ3) is 15.4. The van der Waals surface area contributed by atoms with Gasteiger partial charge in [0.2, 0.25) is 6.29 Å². The lowest BCUT2D eigenvalue weighted by atomic mass is 10.0. The van der Waals surface area contributed by atoms with Gasteiger partial charge in [-0.25, -0.2) is 0 Å². The van der Waals surface area contributed by atoms with Gasteiger partial charge in [0.1, 0.15) is 0 Å². The Morgan fingerprint density at radius 1 is 0.812 bits per heavy atom. The van der Waals surface area contributed by atoms with Gasteiger partial charge in [0.05, 0.1) is 13.2 Å². The van der Waals surface area contributed by atoms with Crippen molar-refractivity contribution in [3.05, 3.63) is 35.4 Å². The van der Waals surface area contributed by atoms with Gasteiger partial charge in [-0.15, -0.1) is 0 Å². The molecule has 0 fully saturated rings. The number of carboxylic acid groups (broad SMARTS) is 2. The van der Waals surface area contributed by atoms with E-state index in [0.717, 1.165) is 12.0 Å². The lowest BCUT2D eigenvalue weighted by Gasteiger charge is -2.12. The van der Waals surface area contributed by atoms with Crippen LogP contribution in [0.2, 0.25) is 0 Å². The van der Waals surface area contributed by atoms with Gasteiger partial charge in [-0.05, 0) is 49.3 Å². The molecule has 1 aromatic carbocycles. The van der Waals surface area contributed by atoms with E-state index in [9.17, 15) is 9.59 Å². The van der Waals surface area contributed by atoms with Crippen LogP contribution in [0, 0.1) is 11.8 Å². The van der Waals surface area contributed by atoms with Crippen LogP contribution in [-0.2, 0) is 25.5 Å². The quantitative estimate of drug-likeness (QED) is 0.178. The molecule has 0 atom stereocenters. The van der Waals surface area contributed by atoms with Crippen molar-refractivity contribution in [2.45, 2.75) is 90.3 Å². The predicted octanol–water partition coefficient (Wildman–Crippen LogP) is 5.42. The molecule has 0 aliphatic heterocycles. The Hall–Kier alpha value is -2.36. The fourth-order valence-corrected chi connectivity index (χ4v) is 3.14. The van der Waals surface area contributed by atoms with E-state index < -0.39 is 18.2 Å². The molecule has 0 amide bonds. The first-order valence-electron chi connectivity index (χ1n) is 11.8. The van der Waals surface area contributed by atoms with E-state index in [2.05, 4.69) is 30.9 Å². The molecule has 0 heterocycles. The number of aryl methyl sites for hydroxylation is 1. The number of hydrogen-bond donors (Lipinski definition) is 2. The second-order valence-electron chi connectivity index (χ2n) is 7.91. The van der Waals surface area contributed by atoms with Crippen LogP contribution in [0.1, 0.15) is 88.7 Å². The zero-order valence-electron chi connectivity index (χ0n) is 19.3. The molecule has 0 bridgehead atoms. The standard InChI is InChI=1S/C26H38O6/c1-2-3-4-5-6-7-8-11-22-14-16-23(17-15-22)18-19-26(31-20-9-12-24(27)28)32-21-10-13-25(29)30/h14-17,26H,2-13,20-21H2,1H3,(H,27,28)(H,29,30). The van der Waals surface area contributed by atoms with E-state index in [0.29, 0.717) is 12.8 Å². The molecule has 0 aliphatic carbocycles. The maximum Gasteiger partial charge on any atom is 0.303 e. The Kier molecular flexibility index (Phi) is 15.8. The summed E-state index contributed by atoms with van der Waals surface area (Å²) < 4.78 is 11.1. The van der Waals surface area contributed by atoms with Crippen LogP contribution in [0.3, 0.4) is 0 Å². The summed E-state index contributed by atoms with van der Waals surface area (Å²) in [6.07, 6.45) is 10.1. The molecule has 2 N–H and O–H groups in total. The molecule has 0 aliphatic rings. The number of benzene rings is 1. The van der Waals surface area contributed by atoms with Gasteiger partial charge in [0, 0.05) is 18.4 Å². The largest absolute Gasteiger partial charge is 0.481 e. The van der Waals surface area contributed by atoms with Crippen molar-refractivity contribution in [3.8, 4) is 11.8 Å². The highest BCUT2D eigenvalue weighted by molar-refractivity contribution is 5.66. The van der Waals surface area contributed by atoms with Gasteiger partial charge in [-0.2, -0.15) is 0 Å². The van der Waals surface area contributed by atoms with Crippen LogP contribution in [0.25, 0.3) is 0 Å². The summed E-state index contributed by atoms with van der Waals surface area (Å²) in [5.41, 5.74) is 2.15. The number of carbonyl (C=O) groups is 2. The zero-order chi connectivity index (χ0) is 23.4. The third-order valence-corrected chi connectivity index (χ3v) is 4.97. The molecule has 178 valence electrons. The number of ether oxygens (including phenoxy) is 2. The highest BCUT2D eigenvalue weighted by atomic mass is 16.7. The summed E-state index contributed by atoms with van der Waals surface area (Å²) in [5.74, 6) is 4.19. The van der Waals surface area contributed by atoms with Crippen LogP contribution in [0.4, 0.5) is 0 Å². The molecule has 0 saturated heterocycles. The van der Waals surface area contributed by atoms with Crippen LogP contribution >= 0.6 is 0 Å². The normalized spacial score (nSPS) is 10.7. The van der Waals surface area contributed by atoms with Crippen molar-refractivity contribution in [1.29, 1.82) is 0 Å². The number of rotatable bonds is 18. The molecule has 0 aromatic heterocycles. The Labute approximate surface area is 192 Å². The molecule has 0 unspecified atom stereocenters. The monoisotopic (exact) mass is 446 g/mol. The lowest BCUT2D eigenvalue weighted by molar-refractivity contribution is -0.139. The maximum absolute atomic E-state index is 10.6. The van der Waals surface area contributed by atoms with Gasteiger partial charge in [-0.1, -0.05) is 63.5 Å². The second kappa shape index (κ2) is 18.2. The fraction of sp³-hybridized carbons (Fsp3) is 0.615. The van der Waals surface area contributed by atoms with Crippen molar-refractivity contribution in [3.63, 3.8) is 0 Å². The number of aliphatic carboxylic acids is 2. The lowest BCUT2D eigenvalue weighted by Crippen LogP contribution is -2.17. The summed E-state index contributed by atoms with van der Waals surface area (Å²) in [7, 11) is 0. The minimum atomic E-state index is -0.879. The summed E-state index contributed by atoms with van der Waals surface area (Å²) in [4.78, 5) is 21.2. The van der Waals surface area contributed by atoms with Gasteiger partial charge in [0.25, 0.3) is 0 Å². The van der Waals surface area contributed by atoms with E-state index >= 15 is 0 Å². The molecule has 6 nitrogen and oxygen atoms in total. The first-order valence-corrected chi connectivity index (χ1v) is 11.8. The van der Waals surface area contributed by atoms with E-state index in [1.807, 2.05) is 12.1 Å². The van der Waals surface area contributed by atoms with Crippen LogP contribution in [-0.4, -0.2) is 41.7 Å². The summed E-state index contributed by atoms with van der Waals surface area (Å²) in [6, 6.07) is 8.15. The SMILES string of the molecule is CCCCCCCCCc1ccc(C#CC(OCCCC(=O)O)OCCCC(=O)O)cc1. The summed E-state index contributed by atoms with van der Waals surface area (Å²) >= 11 is 0. The second-order valence-corrected chi connectivity index (χ2v) is 7.91. The molecular formula is C26H38O6. The van der Waals surface area contributed by atoms with Crippen LogP contribution in [0.15, 0.2) is 24.3 Å². The molecule has 1 aromatic rings. The van der Waals surface area contributed by atoms with Crippen LogP contribution < -0.4 is 0 Å². The van der Waals surface area contributed by atoms with Crippen molar-refractivity contribution in [2.24, 2.45) is 0 Å².